The smallest absolute Gasteiger partial charge is 0.273 e. The highest BCUT2D eigenvalue weighted by molar-refractivity contribution is 5.74. The predicted octanol–water partition coefficient (Wildman–Crippen LogP) is 4.28. The van der Waals surface area contributed by atoms with E-state index >= 15 is 0 Å². The van der Waals surface area contributed by atoms with Gasteiger partial charge in [-0.15, -0.1) is 0 Å². The van der Waals surface area contributed by atoms with Gasteiger partial charge >= 0.3 is 0 Å². The Labute approximate surface area is 215 Å². The molecule has 0 saturated heterocycles. The number of rotatable bonds is 7. The van der Waals surface area contributed by atoms with Crippen LogP contribution >= 0.6 is 0 Å². The van der Waals surface area contributed by atoms with E-state index in [1.165, 1.54) is 33.4 Å². The predicted molar refractivity (Wildman–Crippen MR) is 143 cm³/mol. The van der Waals surface area contributed by atoms with Crippen LogP contribution in [0.2, 0.25) is 0 Å². The van der Waals surface area contributed by atoms with Gasteiger partial charge in [0.05, 0.1) is 6.20 Å². The molecule has 0 fully saturated rings. The second-order valence-corrected chi connectivity index (χ2v) is 9.68. The number of benzene rings is 3. The monoisotopic (exact) mass is 486 g/mol. The average molecular weight is 487 g/mol. The van der Waals surface area contributed by atoms with Crippen LogP contribution in [0.15, 0.2) is 73.1 Å². The lowest BCUT2D eigenvalue weighted by Crippen LogP contribution is -3.00. The molecule has 1 heterocycles. The number of nitrogens with one attached hydrogen (secondary N) is 1. The molecule has 3 aromatic carbocycles. The molecule has 5 heteroatoms. The van der Waals surface area contributed by atoms with Gasteiger partial charge in [0.25, 0.3) is 5.82 Å². The van der Waals surface area contributed by atoms with Crippen molar-refractivity contribution in [2.75, 3.05) is 5.32 Å². The van der Waals surface area contributed by atoms with Crippen molar-refractivity contribution < 1.29 is 17.7 Å². The molecule has 4 aromatic rings. The quantitative estimate of drug-likeness (QED) is 0.383. The van der Waals surface area contributed by atoms with Gasteiger partial charge in [0, 0.05) is 18.0 Å². The molecule has 0 unspecified atom stereocenters. The van der Waals surface area contributed by atoms with Crippen molar-refractivity contribution in [3.05, 3.63) is 95.3 Å². The second-order valence-electron chi connectivity index (χ2n) is 9.68. The van der Waals surface area contributed by atoms with Crippen molar-refractivity contribution in [2.45, 2.75) is 53.4 Å². The summed E-state index contributed by atoms with van der Waals surface area (Å²) in [5.74, 6) is 2.48. The minimum absolute atomic E-state index is 0. The van der Waals surface area contributed by atoms with Crippen molar-refractivity contribution in [3.63, 3.8) is 0 Å². The summed E-state index contributed by atoms with van der Waals surface area (Å²) in [6.07, 6.45) is 3.47. The molecule has 0 atom stereocenters. The Hall–Kier alpha value is -3.21. The number of hydrogen-bond donors (Lipinski definition) is 2. The maximum atomic E-state index is 4.63. The zero-order valence-corrected chi connectivity index (χ0v) is 22.2. The van der Waals surface area contributed by atoms with Crippen molar-refractivity contribution >= 4 is 23.0 Å². The first-order valence-electron chi connectivity index (χ1n) is 12.1. The van der Waals surface area contributed by atoms with Gasteiger partial charge in [0.15, 0.2) is 0 Å². The molecular weight excluding hydrogens is 452 g/mol. The highest BCUT2D eigenvalue weighted by Crippen LogP contribution is 2.36. The molecule has 3 N–H and O–H groups in total. The molecule has 182 valence electrons. The maximum Gasteiger partial charge on any atom is 0.273 e. The third-order valence-corrected chi connectivity index (χ3v) is 6.06. The SMILES string of the molecule is Cc1cc(C)cc(Nc2nccnc2[NH2+]c2cccc(-c3c(C(C)C)cccc3C(C)C)c2)c1.[Cl-]. The largest absolute Gasteiger partial charge is 1.00 e. The summed E-state index contributed by atoms with van der Waals surface area (Å²) in [5.41, 5.74) is 9.94. The lowest BCUT2D eigenvalue weighted by Gasteiger charge is -2.20. The summed E-state index contributed by atoms with van der Waals surface area (Å²) in [4.78, 5) is 9.21. The molecule has 35 heavy (non-hydrogen) atoms. The first kappa shape index (κ1) is 26.4. The van der Waals surface area contributed by atoms with Crippen LogP contribution in [-0.4, -0.2) is 9.97 Å². The van der Waals surface area contributed by atoms with Crippen LogP contribution in [0, 0.1) is 13.8 Å². The summed E-state index contributed by atoms with van der Waals surface area (Å²) in [6, 6.07) is 21.9. The first-order chi connectivity index (χ1) is 16.3. The van der Waals surface area contributed by atoms with Crippen molar-refractivity contribution in [3.8, 4) is 11.1 Å². The number of aryl methyl sites for hydroxylation is 2. The van der Waals surface area contributed by atoms with Gasteiger partial charge in [-0.1, -0.05) is 64.1 Å². The van der Waals surface area contributed by atoms with Crippen molar-refractivity contribution in [1.29, 1.82) is 0 Å². The van der Waals surface area contributed by atoms with Crippen LogP contribution in [0.5, 0.6) is 0 Å². The van der Waals surface area contributed by atoms with E-state index in [9.17, 15) is 0 Å². The molecule has 4 nitrogen and oxygen atoms in total. The number of aromatic nitrogens is 2. The van der Waals surface area contributed by atoms with Gasteiger partial charge in [-0.3, -0.25) is 5.32 Å². The highest BCUT2D eigenvalue weighted by Gasteiger charge is 2.17. The van der Waals surface area contributed by atoms with Crippen LogP contribution in [0.25, 0.3) is 11.1 Å². The topological polar surface area (TPSA) is 54.4 Å². The Balaban J connectivity index is 0.00000342. The Morgan fingerprint density at radius 2 is 1.34 bits per heavy atom. The maximum absolute atomic E-state index is 4.63. The number of nitrogens with zero attached hydrogens (tertiary/aromatic N) is 2. The lowest BCUT2D eigenvalue weighted by atomic mass is 9.85. The van der Waals surface area contributed by atoms with E-state index in [2.05, 4.69) is 123 Å². The zero-order valence-electron chi connectivity index (χ0n) is 21.4. The molecule has 0 amide bonds. The third-order valence-electron chi connectivity index (χ3n) is 6.06. The Bertz CT molecular complexity index is 1250. The number of hydrogen-bond acceptors (Lipinski definition) is 3. The van der Waals surface area contributed by atoms with Crippen LogP contribution in [0.3, 0.4) is 0 Å². The Morgan fingerprint density at radius 3 is 1.97 bits per heavy atom. The molecule has 0 radical (unpaired) electrons. The fourth-order valence-corrected chi connectivity index (χ4v) is 4.56. The van der Waals surface area contributed by atoms with Crippen molar-refractivity contribution in [1.82, 2.24) is 9.97 Å². The Kier molecular flexibility index (Phi) is 8.66. The molecule has 0 aliphatic rings. The van der Waals surface area contributed by atoms with Gasteiger partial charge in [-0.25, -0.2) is 4.98 Å². The van der Waals surface area contributed by atoms with E-state index in [-0.39, 0.29) is 12.4 Å². The Morgan fingerprint density at radius 1 is 0.743 bits per heavy atom. The van der Waals surface area contributed by atoms with E-state index in [4.69, 9.17) is 0 Å². The molecule has 0 spiro atoms. The third kappa shape index (κ3) is 6.27. The van der Waals surface area contributed by atoms with Crippen LogP contribution in [0.4, 0.5) is 23.0 Å². The number of quaternary nitrogens is 1. The number of nitrogens with two attached hydrogens (primary N) is 1. The van der Waals surface area contributed by atoms with E-state index in [1.807, 2.05) is 0 Å². The summed E-state index contributed by atoms with van der Waals surface area (Å²) in [7, 11) is 0. The summed E-state index contributed by atoms with van der Waals surface area (Å²) >= 11 is 0. The van der Waals surface area contributed by atoms with Crippen LogP contribution in [0.1, 0.15) is 61.8 Å². The zero-order chi connectivity index (χ0) is 24.2. The fraction of sp³-hybridized carbons (Fsp3) is 0.267. The highest BCUT2D eigenvalue weighted by atomic mass is 35.5. The normalized spacial score (nSPS) is 11.0. The summed E-state index contributed by atoms with van der Waals surface area (Å²) < 4.78 is 0. The average Bonchev–Trinajstić information content (AvgIpc) is 2.79. The van der Waals surface area contributed by atoms with Gasteiger partial charge < -0.3 is 17.7 Å². The van der Waals surface area contributed by atoms with Gasteiger partial charge in [0.1, 0.15) is 5.69 Å². The lowest BCUT2D eigenvalue weighted by molar-refractivity contribution is -0.482. The second kappa shape index (κ2) is 11.5. The molecule has 0 aliphatic heterocycles. The minimum Gasteiger partial charge on any atom is -1.00 e. The fourth-order valence-electron chi connectivity index (χ4n) is 4.56. The van der Waals surface area contributed by atoms with Crippen molar-refractivity contribution in [2.24, 2.45) is 0 Å². The standard InChI is InChI=1S/C30H34N4.ClH/c1-19(2)26-11-8-12-27(20(3)4)28(26)23-9-7-10-24(18-23)33-29-30(32-14-13-31-29)34-25-16-21(5)15-22(6)17-25;/h7-20H,1-6H3,(H,31,33)(H,32,34);1H. The summed E-state index contributed by atoms with van der Waals surface area (Å²) in [5, 5.41) is 5.57. The molecule has 1 aromatic heterocycles. The molecule has 0 bridgehead atoms. The van der Waals surface area contributed by atoms with Crippen LogP contribution in [-0.2, 0) is 0 Å². The van der Waals surface area contributed by atoms with Gasteiger partial charge in [-0.05, 0) is 77.3 Å². The number of anilines is 2. The van der Waals surface area contributed by atoms with Crippen LogP contribution < -0.4 is 23.0 Å². The van der Waals surface area contributed by atoms with E-state index in [0.29, 0.717) is 11.8 Å². The summed E-state index contributed by atoms with van der Waals surface area (Å²) in [6.45, 7) is 13.3. The van der Waals surface area contributed by atoms with Gasteiger partial charge in [0.2, 0.25) is 5.82 Å². The molecule has 0 saturated carbocycles. The van der Waals surface area contributed by atoms with E-state index < -0.39 is 0 Å². The number of halogens is 1. The molecular formula is C30H35ClN4. The molecule has 0 aliphatic carbocycles. The first-order valence-corrected chi connectivity index (χ1v) is 12.1. The molecule has 4 rings (SSSR count). The minimum atomic E-state index is 0. The van der Waals surface area contributed by atoms with Gasteiger partial charge in [-0.2, -0.15) is 4.98 Å². The van der Waals surface area contributed by atoms with E-state index in [0.717, 1.165) is 23.0 Å². The van der Waals surface area contributed by atoms with E-state index in [1.54, 1.807) is 12.4 Å².